The molecule has 4 rings (SSSR count). The first-order valence-electron chi connectivity index (χ1n) is 8.70. The Labute approximate surface area is 166 Å². The summed E-state index contributed by atoms with van der Waals surface area (Å²) in [4.78, 5) is 14.9. The molecule has 7 heteroatoms. The van der Waals surface area contributed by atoms with E-state index < -0.39 is 0 Å². The van der Waals surface area contributed by atoms with E-state index >= 15 is 0 Å². The molecule has 2 atom stereocenters. The maximum atomic E-state index is 13.0. The van der Waals surface area contributed by atoms with E-state index in [0.717, 1.165) is 17.7 Å². The van der Waals surface area contributed by atoms with Crippen molar-refractivity contribution in [2.24, 2.45) is 0 Å². The van der Waals surface area contributed by atoms with Crippen LogP contribution in [0.1, 0.15) is 19.4 Å². The molecule has 1 amide bonds. The number of halogens is 1. The Morgan fingerprint density at radius 1 is 1.22 bits per heavy atom. The minimum Gasteiger partial charge on any atom is -0.411 e. The molecule has 0 aliphatic carbocycles. The lowest BCUT2D eigenvalue weighted by atomic mass is 10.1. The van der Waals surface area contributed by atoms with Crippen LogP contribution in [0.15, 0.2) is 58.2 Å². The number of anilines is 1. The van der Waals surface area contributed by atoms with Crippen LogP contribution in [0.2, 0.25) is 5.02 Å². The highest BCUT2D eigenvalue weighted by Gasteiger charge is 2.34. The first-order chi connectivity index (χ1) is 13.0. The quantitative estimate of drug-likeness (QED) is 0.587. The number of carbonyl (C=O) groups excluding carboxylic acids is 1. The second-order valence-electron chi connectivity index (χ2n) is 6.53. The summed E-state index contributed by atoms with van der Waals surface area (Å²) in [6, 6.07) is 15.4. The molecule has 0 fully saturated rings. The summed E-state index contributed by atoms with van der Waals surface area (Å²) in [5.41, 5.74) is 2.99. The molecule has 0 saturated carbocycles. The van der Waals surface area contributed by atoms with Crippen LogP contribution in [0.5, 0.6) is 0 Å². The van der Waals surface area contributed by atoms with E-state index in [4.69, 9.17) is 16.0 Å². The molecule has 2 heterocycles. The van der Waals surface area contributed by atoms with Crippen LogP contribution in [0.25, 0.3) is 11.5 Å². The van der Waals surface area contributed by atoms with Gasteiger partial charge in [-0.3, -0.25) is 4.79 Å². The summed E-state index contributed by atoms with van der Waals surface area (Å²) in [5.74, 6) is 0.456. The highest BCUT2D eigenvalue weighted by molar-refractivity contribution is 8.00. The van der Waals surface area contributed by atoms with E-state index in [1.54, 1.807) is 12.1 Å². The predicted octanol–water partition coefficient (Wildman–Crippen LogP) is 4.85. The van der Waals surface area contributed by atoms with E-state index in [1.807, 2.05) is 42.2 Å². The number of hydrogen-bond acceptors (Lipinski definition) is 5. The number of nitrogens with zero attached hydrogens (tertiary/aromatic N) is 3. The average Bonchev–Trinajstić information content (AvgIpc) is 3.25. The zero-order chi connectivity index (χ0) is 19.0. The lowest BCUT2D eigenvalue weighted by Gasteiger charge is -2.25. The summed E-state index contributed by atoms with van der Waals surface area (Å²) < 4.78 is 5.72. The molecule has 1 aliphatic rings. The van der Waals surface area contributed by atoms with Gasteiger partial charge in [0.1, 0.15) is 0 Å². The number of fused-ring (bicyclic) bond motifs is 1. The van der Waals surface area contributed by atoms with Crippen LogP contribution in [-0.4, -0.2) is 27.4 Å². The third-order valence-electron chi connectivity index (χ3n) is 4.57. The van der Waals surface area contributed by atoms with Crippen molar-refractivity contribution in [3.05, 3.63) is 59.1 Å². The first-order valence-corrected chi connectivity index (χ1v) is 9.96. The third kappa shape index (κ3) is 3.59. The Bertz CT molecular complexity index is 973. The number of thioether (sulfide) groups is 1. The van der Waals surface area contributed by atoms with Gasteiger partial charge in [0.2, 0.25) is 11.8 Å². The molecule has 2 aromatic carbocycles. The molecule has 27 heavy (non-hydrogen) atoms. The molecule has 0 unspecified atom stereocenters. The number of carbonyl (C=O) groups is 1. The fourth-order valence-corrected chi connectivity index (χ4v) is 4.12. The Balaban J connectivity index is 1.49. The highest BCUT2D eigenvalue weighted by Crippen LogP contribution is 2.35. The maximum Gasteiger partial charge on any atom is 0.277 e. The molecule has 0 bridgehead atoms. The van der Waals surface area contributed by atoms with Crippen LogP contribution < -0.4 is 4.90 Å². The molecule has 0 saturated heterocycles. The van der Waals surface area contributed by atoms with Gasteiger partial charge in [0.05, 0.1) is 5.25 Å². The monoisotopic (exact) mass is 399 g/mol. The van der Waals surface area contributed by atoms with Crippen LogP contribution in [0.4, 0.5) is 5.69 Å². The van der Waals surface area contributed by atoms with Gasteiger partial charge in [0.25, 0.3) is 5.22 Å². The molecule has 138 valence electrons. The number of para-hydroxylation sites is 1. The Morgan fingerprint density at radius 3 is 2.74 bits per heavy atom. The summed E-state index contributed by atoms with van der Waals surface area (Å²) in [6.07, 6.45) is 0.876. The van der Waals surface area contributed by atoms with E-state index in [9.17, 15) is 4.79 Å². The van der Waals surface area contributed by atoms with E-state index in [1.165, 1.54) is 17.3 Å². The number of hydrogen-bond donors (Lipinski definition) is 0. The number of amides is 1. The van der Waals surface area contributed by atoms with E-state index in [-0.39, 0.29) is 17.2 Å². The normalized spacial score (nSPS) is 17.0. The smallest absolute Gasteiger partial charge is 0.277 e. The van der Waals surface area contributed by atoms with Crippen LogP contribution >= 0.6 is 23.4 Å². The summed E-state index contributed by atoms with van der Waals surface area (Å²) in [6.45, 7) is 3.94. The van der Waals surface area contributed by atoms with Crippen LogP contribution in [0, 0.1) is 0 Å². The summed E-state index contributed by atoms with van der Waals surface area (Å²) >= 11 is 7.18. The minimum atomic E-state index is -0.336. The van der Waals surface area contributed by atoms with E-state index in [2.05, 4.69) is 23.2 Å². The second kappa shape index (κ2) is 7.37. The van der Waals surface area contributed by atoms with Gasteiger partial charge >= 0.3 is 0 Å². The fourth-order valence-electron chi connectivity index (χ4n) is 3.27. The average molecular weight is 400 g/mol. The fraction of sp³-hybridized carbons (Fsp3) is 0.250. The molecular formula is C20H18ClN3O2S. The van der Waals surface area contributed by atoms with Gasteiger partial charge < -0.3 is 9.32 Å². The lowest BCUT2D eigenvalue weighted by molar-refractivity contribution is -0.118. The van der Waals surface area contributed by atoms with Crippen molar-refractivity contribution in [3.8, 4) is 11.5 Å². The van der Waals surface area contributed by atoms with E-state index in [0.29, 0.717) is 16.1 Å². The topological polar surface area (TPSA) is 59.2 Å². The van der Waals surface area contributed by atoms with Gasteiger partial charge in [-0.2, -0.15) is 0 Å². The number of rotatable bonds is 4. The van der Waals surface area contributed by atoms with Gasteiger partial charge in [-0.1, -0.05) is 41.6 Å². The van der Waals surface area contributed by atoms with Gasteiger partial charge in [0.15, 0.2) is 0 Å². The van der Waals surface area contributed by atoms with Gasteiger partial charge in [-0.15, -0.1) is 10.2 Å². The van der Waals surface area contributed by atoms with Crippen molar-refractivity contribution in [2.75, 3.05) is 4.90 Å². The van der Waals surface area contributed by atoms with Gasteiger partial charge in [0, 0.05) is 22.3 Å². The SMILES string of the molecule is C[C@H](Sc1nnc(-c2ccc(Cl)cc2)o1)C(=O)N1c2ccccc2C[C@@H]1C. The molecule has 1 aromatic heterocycles. The highest BCUT2D eigenvalue weighted by atomic mass is 35.5. The minimum absolute atomic E-state index is 0.0451. The molecule has 5 nitrogen and oxygen atoms in total. The number of benzene rings is 2. The van der Waals surface area contributed by atoms with Crippen LogP contribution in [-0.2, 0) is 11.2 Å². The summed E-state index contributed by atoms with van der Waals surface area (Å²) in [5, 5.41) is 8.83. The Kier molecular flexibility index (Phi) is 4.93. The maximum absolute atomic E-state index is 13.0. The lowest BCUT2D eigenvalue weighted by Crippen LogP contribution is -2.40. The molecule has 0 spiro atoms. The van der Waals surface area contributed by atoms with Gasteiger partial charge in [-0.05, 0) is 56.2 Å². The zero-order valence-corrected chi connectivity index (χ0v) is 16.5. The van der Waals surface area contributed by atoms with Crippen molar-refractivity contribution >= 4 is 35.0 Å². The first kappa shape index (κ1) is 18.1. The van der Waals surface area contributed by atoms with Crippen molar-refractivity contribution < 1.29 is 9.21 Å². The third-order valence-corrected chi connectivity index (χ3v) is 5.74. The van der Waals surface area contributed by atoms with Crippen molar-refractivity contribution in [1.29, 1.82) is 0 Å². The Hall–Kier alpha value is -2.31. The molecule has 0 N–H and O–H groups in total. The molecule has 3 aromatic rings. The van der Waals surface area contributed by atoms with Crippen molar-refractivity contribution in [3.63, 3.8) is 0 Å². The molecule has 0 radical (unpaired) electrons. The standard InChI is InChI=1S/C20H18ClN3O2S/c1-12-11-15-5-3-4-6-17(15)24(12)19(25)13(2)27-20-23-22-18(26-20)14-7-9-16(21)10-8-14/h3-10,12-13H,11H2,1-2H3/t12-,13-/m0/s1. The van der Waals surface area contributed by atoms with Crippen LogP contribution in [0.3, 0.4) is 0 Å². The van der Waals surface area contributed by atoms with Gasteiger partial charge in [-0.25, -0.2) is 0 Å². The zero-order valence-electron chi connectivity index (χ0n) is 14.9. The molecule has 1 aliphatic heterocycles. The molecular weight excluding hydrogens is 382 g/mol. The summed E-state index contributed by atoms with van der Waals surface area (Å²) in [7, 11) is 0. The number of aromatic nitrogens is 2. The predicted molar refractivity (Wildman–Crippen MR) is 107 cm³/mol. The van der Waals surface area contributed by atoms with Crippen molar-refractivity contribution in [1.82, 2.24) is 10.2 Å². The van der Waals surface area contributed by atoms with Crippen molar-refractivity contribution in [2.45, 2.75) is 36.8 Å². The second-order valence-corrected chi connectivity index (χ2v) is 8.26. The Morgan fingerprint density at radius 2 is 1.96 bits per heavy atom. The largest absolute Gasteiger partial charge is 0.411 e.